The Morgan fingerprint density at radius 2 is 1.81 bits per heavy atom. The zero-order valence-corrected chi connectivity index (χ0v) is 14.5. The molecule has 3 N–H and O–H groups in total. The minimum atomic E-state index is -4.43. The van der Waals surface area contributed by atoms with Gasteiger partial charge in [0.25, 0.3) is 0 Å². The predicted octanol–water partition coefficient (Wildman–Crippen LogP) is 5.10. The molecule has 0 spiro atoms. The molecule has 0 atom stereocenters. The number of nitrogen functional groups attached to an aromatic ring is 1. The second-order valence-corrected chi connectivity index (χ2v) is 6.79. The van der Waals surface area contributed by atoms with Crippen LogP contribution in [0.4, 0.5) is 29.8 Å². The van der Waals surface area contributed by atoms with Crippen LogP contribution in [-0.4, -0.2) is 15.0 Å². The Balaban J connectivity index is 1.66. The van der Waals surface area contributed by atoms with Gasteiger partial charge in [-0.2, -0.15) is 13.2 Å². The summed E-state index contributed by atoms with van der Waals surface area (Å²) in [7, 11) is 0. The number of fused-ring (bicyclic) bond motifs is 1. The van der Waals surface area contributed by atoms with Crippen LogP contribution < -0.4 is 11.1 Å². The third-order valence-corrected chi connectivity index (χ3v) is 4.76. The summed E-state index contributed by atoms with van der Waals surface area (Å²) in [5, 5.41) is 3.79. The molecule has 4 aromatic rings. The van der Waals surface area contributed by atoms with Crippen LogP contribution in [0.15, 0.2) is 55.0 Å². The number of nitrogens with one attached hydrogen (secondary N) is 1. The van der Waals surface area contributed by atoms with Crippen molar-refractivity contribution in [3.8, 4) is 11.1 Å². The van der Waals surface area contributed by atoms with Crippen LogP contribution in [0, 0.1) is 0 Å². The molecular weight excluding hydrogens is 375 g/mol. The zero-order valence-electron chi connectivity index (χ0n) is 13.7. The van der Waals surface area contributed by atoms with E-state index in [2.05, 4.69) is 20.3 Å². The Morgan fingerprint density at radius 3 is 2.56 bits per heavy atom. The minimum Gasteiger partial charge on any atom is -0.384 e. The lowest BCUT2D eigenvalue weighted by molar-refractivity contribution is -0.137. The third-order valence-electron chi connectivity index (χ3n) is 3.82. The first-order valence-electron chi connectivity index (χ1n) is 7.80. The standard InChI is InChI=1S/C18H12F3N5S/c19-18(20,21)12-5-11(7-23-8-12)10-1-3-14-15(6-10)27-17(26-14)25-13-2-4-16(22)24-9-13/h1-9H,(H2,22,24)(H,25,26). The highest BCUT2D eigenvalue weighted by atomic mass is 32.1. The zero-order chi connectivity index (χ0) is 19.0. The van der Waals surface area contributed by atoms with Gasteiger partial charge in [0.1, 0.15) is 5.82 Å². The highest BCUT2D eigenvalue weighted by Gasteiger charge is 2.31. The van der Waals surface area contributed by atoms with Gasteiger partial charge in [-0.1, -0.05) is 17.4 Å². The van der Waals surface area contributed by atoms with Crippen LogP contribution >= 0.6 is 11.3 Å². The number of hydrogen-bond acceptors (Lipinski definition) is 6. The molecule has 0 aliphatic rings. The molecular formula is C18H12F3N5S. The molecule has 0 aliphatic heterocycles. The summed E-state index contributed by atoms with van der Waals surface area (Å²) < 4.78 is 39.6. The van der Waals surface area contributed by atoms with E-state index in [1.165, 1.54) is 17.5 Å². The number of benzene rings is 1. The van der Waals surface area contributed by atoms with E-state index in [4.69, 9.17) is 5.73 Å². The van der Waals surface area contributed by atoms with Gasteiger partial charge < -0.3 is 11.1 Å². The summed E-state index contributed by atoms with van der Waals surface area (Å²) in [6, 6.07) is 9.86. The number of hydrogen-bond donors (Lipinski definition) is 2. The van der Waals surface area contributed by atoms with Gasteiger partial charge in [0.2, 0.25) is 0 Å². The van der Waals surface area contributed by atoms with Crippen LogP contribution in [0.5, 0.6) is 0 Å². The normalized spacial score (nSPS) is 11.7. The number of rotatable bonds is 3. The van der Waals surface area contributed by atoms with Crippen molar-refractivity contribution in [3.05, 3.63) is 60.6 Å². The molecule has 3 heterocycles. The average molecular weight is 387 g/mol. The maximum atomic E-state index is 12.9. The number of alkyl halides is 3. The number of aromatic nitrogens is 3. The Morgan fingerprint density at radius 1 is 0.963 bits per heavy atom. The largest absolute Gasteiger partial charge is 0.417 e. The van der Waals surface area contributed by atoms with Crippen molar-refractivity contribution in [2.24, 2.45) is 0 Å². The van der Waals surface area contributed by atoms with Crippen LogP contribution in [0.25, 0.3) is 21.3 Å². The molecule has 0 saturated carbocycles. The Kier molecular flexibility index (Phi) is 4.15. The topological polar surface area (TPSA) is 76.7 Å². The lowest BCUT2D eigenvalue weighted by Crippen LogP contribution is -2.05. The maximum Gasteiger partial charge on any atom is 0.417 e. The van der Waals surface area contributed by atoms with Crippen LogP contribution in [0.1, 0.15) is 5.56 Å². The van der Waals surface area contributed by atoms with Gasteiger partial charge in [0.15, 0.2) is 5.13 Å². The molecule has 4 rings (SSSR count). The van der Waals surface area contributed by atoms with Crippen molar-refractivity contribution in [3.63, 3.8) is 0 Å². The molecule has 0 aliphatic carbocycles. The van der Waals surface area contributed by atoms with E-state index < -0.39 is 11.7 Å². The number of nitrogens with two attached hydrogens (primary N) is 1. The van der Waals surface area contributed by atoms with Crippen molar-refractivity contribution in [1.29, 1.82) is 0 Å². The molecule has 0 radical (unpaired) electrons. The van der Waals surface area contributed by atoms with Crippen molar-refractivity contribution >= 4 is 38.2 Å². The summed E-state index contributed by atoms with van der Waals surface area (Å²) in [5.74, 6) is 0.421. The second-order valence-electron chi connectivity index (χ2n) is 5.76. The SMILES string of the molecule is Nc1ccc(Nc2nc3ccc(-c4cncc(C(F)(F)F)c4)cc3s2)cn1. The number of thiazole rings is 1. The molecule has 0 saturated heterocycles. The van der Waals surface area contributed by atoms with Gasteiger partial charge in [-0.05, 0) is 35.9 Å². The summed E-state index contributed by atoms with van der Waals surface area (Å²) in [6.07, 6.45) is -0.600. The smallest absolute Gasteiger partial charge is 0.384 e. The van der Waals surface area contributed by atoms with Crippen LogP contribution in [-0.2, 0) is 6.18 Å². The minimum absolute atomic E-state index is 0.400. The van der Waals surface area contributed by atoms with Gasteiger partial charge in [-0.3, -0.25) is 4.98 Å². The van der Waals surface area contributed by atoms with Gasteiger partial charge in [0, 0.05) is 18.0 Å². The predicted molar refractivity (Wildman–Crippen MR) is 99.8 cm³/mol. The van der Waals surface area contributed by atoms with Crippen LogP contribution in [0.2, 0.25) is 0 Å². The first-order chi connectivity index (χ1) is 12.9. The summed E-state index contributed by atoms with van der Waals surface area (Å²) in [5.41, 5.74) is 7.32. The Hall–Kier alpha value is -3.20. The van der Waals surface area contributed by atoms with Gasteiger partial charge in [0.05, 0.1) is 27.7 Å². The molecule has 5 nitrogen and oxygen atoms in total. The maximum absolute atomic E-state index is 12.9. The highest BCUT2D eigenvalue weighted by molar-refractivity contribution is 7.22. The number of anilines is 3. The molecule has 9 heteroatoms. The first kappa shape index (κ1) is 17.2. The second kappa shape index (κ2) is 6.51. The van der Waals surface area contributed by atoms with E-state index in [1.807, 2.05) is 0 Å². The average Bonchev–Trinajstić information content (AvgIpc) is 3.04. The lowest BCUT2D eigenvalue weighted by Gasteiger charge is -2.08. The van der Waals surface area contributed by atoms with Crippen molar-refractivity contribution in [1.82, 2.24) is 15.0 Å². The lowest BCUT2D eigenvalue weighted by atomic mass is 10.1. The molecule has 0 fully saturated rings. The number of pyridine rings is 2. The quantitative estimate of drug-likeness (QED) is 0.512. The van der Waals surface area contributed by atoms with Crippen molar-refractivity contribution < 1.29 is 13.2 Å². The summed E-state index contributed by atoms with van der Waals surface area (Å²) in [6.45, 7) is 0. The Bertz CT molecular complexity index is 1110. The molecule has 27 heavy (non-hydrogen) atoms. The number of halogens is 3. The number of nitrogens with zero attached hydrogens (tertiary/aromatic N) is 3. The molecule has 3 aromatic heterocycles. The van der Waals surface area contributed by atoms with E-state index in [9.17, 15) is 13.2 Å². The van der Waals surface area contributed by atoms with E-state index in [0.29, 0.717) is 22.1 Å². The summed E-state index contributed by atoms with van der Waals surface area (Å²) in [4.78, 5) is 12.2. The van der Waals surface area contributed by atoms with Crippen LogP contribution in [0.3, 0.4) is 0 Å². The monoisotopic (exact) mass is 387 g/mol. The molecule has 1 aromatic carbocycles. The van der Waals surface area contributed by atoms with E-state index in [1.54, 1.807) is 36.5 Å². The highest BCUT2D eigenvalue weighted by Crippen LogP contribution is 2.34. The summed E-state index contributed by atoms with van der Waals surface area (Å²) >= 11 is 1.39. The molecule has 0 amide bonds. The first-order valence-corrected chi connectivity index (χ1v) is 8.62. The fourth-order valence-corrected chi connectivity index (χ4v) is 3.44. The fraction of sp³-hybridized carbons (Fsp3) is 0.0556. The molecule has 136 valence electrons. The van der Waals surface area contributed by atoms with E-state index in [0.717, 1.165) is 28.2 Å². The molecule has 0 unspecified atom stereocenters. The van der Waals surface area contributed by atoms with Gasteiger partial charge in [-0.15, -0.1) is 0 Å². The Labute approximate surface area is 155 Å². The fourth-order valence-electron chi connectivity index (χ4n) is 2.51. The van der Waals surface area contributed by atoms with Gasteiger partial charge >= 0.3 is 6.18 Å². The van der Waals surface area contributed by atoms with E-state index in [-0.39, 0.29) is 0 Å². The van der Waals surface area contributed by atoms with Crippen molar-refractivity contribution in [2.45, 2.75) is 6.18 Å². The van der Waals surface area contributed by atoms with Gasteiger partial charge in [-0.25, -0.2) is 9.97 Å². The van der Waals surface area contributed by atoms with E-state index >= 15 is 0 Å². The molecule has 0 bridgehead atoms. The third kappa shape index (κ3) is 3.68. The van der Waals surface area contributed by atoms with Crippen molar-refractivity contribution in [2.75, 3.05) is 11.1 Å².